The average Bonchev–Trinajstić information content (AvgIpc) is 2.37. The minimum Gasteiger partial charge on any atom is -0.379 e. The van der Waals surface area contributed by atoms with Gasteiger partial charge in [0.2, 0.25) is 0 Å². The van der Waals surface area contributed by atoms with Gasteiger partial charge in [-0.1, -0.05) is 131 Å². The second kappa shape index (κ2) is 64.6. The fourth-order valence-electron chi connectivity index (χ4n) is 12.5. The number of likely N-dealkylation sites (N-methyl/N-ethyl adjacent to an activating group) is 2. The van der Waals surface area contributed by atoms with E-state index < -0.39 is 0 Å². The summed E-state index contributed by atoms with van der Waals surface area (Å²) in [6, 6.07) is 1.97. The maximum Gasteiger partial charge on any atom is 0.0945 e. The summed E-state index contributed by atoms with van der Waals surface area (Å²) in [4.78, 5) is 28.4. The summed E-state index contributed by atoms with van der Waals surface area (Å²) in [6.45, 7) is 74.8. The molecule has 15 nitrogen and oxygen atoms in total. The summed E-state index contributed by atoms with van der Waals surface area (Å²) in [6.07, 6.45) is 40.3. The molecule has 6 saturated heterocycles. The number of hydrogen-bond donors (Lipinski definition) is 0. The first-order chi connectivity index (χ1) is 48.4. The number of hydrogen-bond acceptors (Lipinski definition) is 13. The minimum absolute atomic E-state index is 0.802. The molecule has 0 saturated carbocycles. The van der Waals surface area contributed by atoms with Crippen LogP contribution in [0.25, 0.3) is 0 Å². The van der Waals surface area contributed by atoms with Gasteiger partial charge < -0.3 is 43.4 Å². The van der Waals surface area contributed by atoms with Gasteiger partial charge >= 0.3 is 0 Å². The molecule has 0 radical (unpaired) electrons. The summed E-state index contributed by atoms with van der Waals surface area (Å²) in [7, 11) is 4.42. The van der Waals surface area contributed by atoms with Gasteiger partial charge in [0.1, 0.15) is 0 Å². The molecule has 0 aliphatic carbocycles. The highest BCUT2D eigenvalue weighted by Crippen LogP contribution is 2.17. The van der Waals surface area contributed by atoms with E-state index in [0.717, 1.165) is 132 Å². The van der Waals surface area contributed by atoms with E-state index in [4.69, 9.17) is 9.47 Å². The summed E-state index contributed by atoms with van der Waals surface area (Å²) in [5, 5.41) is 4.13. The van der Waals surface area contributed by atoms with Gasteiger partial charge in [-0.25, -0.2) is 4.98 Å². The number of aliphatic imine (C=N–C) groups is 1. The van der Waals surface area contributed by atoms with E-state index in [1.807, 2.05) is 48.1 Å². The zero-order valence-corrected chi connectivity index (χ0v) is 70.9. The van der Waals surface area contributed by atoms with E-state index in [9.17, 15) is 0 Å². The molecule has 6 fully saturated rings. The summed E-state index contributed by atoms with van der Waals surface area (Å²) < 4.78 is 14.7. The molecule has 101 heavy (non-hydrogen) atoms. The molecule has 0 spiro atoms. The smallest absolute Gasteiger partial charge is 0.0945 e. The first-order valence-electron chi connectivity index (χ1n) is 42.4. The molecule has 7 aliphatic heterocycles. The van der Waals surface area contributed by atoms with E-state index in [1.54, 1.807) is 0 Å². The molecule has 15 heteroatoms. The molecule has 9 rings (SSSR count). The fraction of sp³-hybridized carbons (Fsp3) is 0.895. The lowest BCUT2D eigenvalue weighted by molar-refractivity contribution is 0.0360. The molecule has 2 aromatic heterocycles. The Hall–Kier alpha value is -2.57. The van der Waals surface area contributed by atoms with Gasteiger partial charge in [-0.2, -0.15) is 5.10 Å². The third kappa shape index (κ3) is 63.3. The van der Waals surface area contributed by atoms with E-state index in [2.05, 4.69) is 204 Å². The van der Waals surface area contributed by atoms with Gasteiger partial charge in [0.05, 0.1) is 32.8 Å². The van der Waals surface area contributed by atoms with Crippen molar-refractivity contribution < 1.29 is 9.47 Å². The van der Waals surface area contributed by atoms with Crippen LogP contribution in [0, 0.1) is 53.3 Å². The SMILES string of the molecule is CC(C)CCC1=CCC=N1.CC(C)CCCN1CCCC1.CC(C)CCCN1CCN(C)CC1.CC(C)CCCN1CCOCC1.CC(C)CCCn1cccn1.CC(C)CCCn1ccnc1.CC(C)CCN1CCCC1.CC(C)CCN1CCN(C)CC1.CC(C)CCN1CCOCC1. The number of likely N-dealkylation sites (tertiary alicyclic amines) is 2. The van der Waals surface area contributed by atoms with Gasteiger partial charge in [0.25, 0.3) is 0 Å². The van der Waals surface area contributed by atoms with E-state index >= 15 is 0 Å². The van der Waals surface area contributed by atoms with Crippen molar-refractivity contribution in [3.05, 3.63) is 49.0 Å². The highest BCUT2D eigenvalue weighted by Gasteiger charge is 2.17. The zero-order valence-electron chi connectivity index (χ0n) is 70.9. The number of aryl methyl sites for hydroxylation is 2. The van der Waals surface area contributed by atoms with Gasteiger partial charge in [0.15, 0.2) is 0 Å². The van der Waals surface area contributed by atoms with Crippen molar-refractivity contribution in [1.82, 2.24) is 58.5 Å². The molecule has 0 unspecified atom stereocenters. The maximum absolute atomic E-state index is 5.29. The standard InChI is InChI=1S/C11H24N2.C10H22N2.C10H21NO.C10H21N.2C9H16N2.C9H19NO.C9H15N.C9H19N/c1-11(2)5-4-6-13-9-7-12(3)8-10-13;1-10(2)4-5-12-8-6-11(3)7-9-12;1-10(2)4-3-5-11-6-8-12-9-7-11;1-10(2)6-5-9-11-7-3-4-8-11;1-9(2)5-3-7-11-8-4-6-10-11;1-9(2)4-3-6-11-7-5-10-8-11;1-9(2)3-4-10-5-7-11-8-6-10;1-8(2)5-6-9-4-3-7-10-9;1-9(2)5-8-10-6-3-4-7-10/h11H,4-10H2,1-3H3;10H,4-9H2,1-3H3;10H,3-9H2,1-2H3;10H,3-9H2,1-2H3;4,6,8-9H,3,5,7H2,1-2H3;5,7-9H,3-4,6H2,1-2H3;9H,3-8H2,1-2H3;4,7-8H,3,5-6H2,1-2H3;9H,3-8H2,1-2H3. The number of nitrogens with zero attached hydrogens (tertiary/aromatic N) is 13. The monoisotopic (exact) mass is 1420 g/mol. The topological polar surface area (TPSA) is 92.4 Å². The zero-order chi connectivity index (χ0) is 74.7. The predicted molar refractivity (Wildman–Crippen MR) is 442 cm³/mol. The van der Waals surface area contributed by atoms with Crippen molar-refractivity contribution in [1.29, 1.82) is 0 Å². The molecule has 0 amide bonds. The Balaban J connectivity index is 0.000000569. The van der Waals surface area contributed by atoms with Crippen LogP contribution in [0.1, 0.15) is 253 Å². The third-order valence-electron chi connectivity index (χ3n) is 19.8. The number of aromatic nitrogens is 4. The number of allylic oxidation sites excluding steroid dienone is 2. The Morgan fingerprint density at radius 2 is 0.683 bits per heavy atom. The van der Waals surface area contributed by atoms with E-state index in [1.165, 1.54) is 239 Å². The van der Waals surface area contributed by atoms with Crippen molar-refractivity contribution in [3.63, 3.8) is 0 Å². The average molecular weight is 1420 g/mol. The first-order valence-corrected chi connectivity index (χ1v) is 42.4. The Labute approximate surface area is 628 Å². The Morgan fingerprint density at radius 3 is 1.02 bits per heavy atom. The summed E-state index contributed by atoms with van der Waals surface area (Å²) >= 11 is 0. The van der Waals surface area contributed by atoms with Crippen LogP contribution in [0.15, 0.2) is 53.9 Å². The second-order valence-electron chi connectivity index (χ2n) is 34.3. The van der Waals surface area contributed by atoms with Crippen LogP contribution in [-0.4, -0.2) is 249 Å². The first kappa shape index (κ1) is 96.4. The number of morpholine rings is 2. The predicted octanol–water partition coefficient (Wildman–Crippen LogP) is 18.1. The van der Waals surface area contributed by atoms with Crippen LogP contribution in [0.2, 0.25) is 0 Å². The summed E-state index contributed by atoms with van der Waals surface area (Å²) in [5.41, 5.74) is 1.29. The maximum atomic E-state index is 5.29. The number of piperazine rings is 2. The molecular weight excluding hydrogens is 1250 g/mol. The van der Waals surface area contributed by atoms with Crippen LogP contribution in [-0.2, 0) is 22.6 Å². The quantitative estimate of drug-likeness (QED) is 0.0698. The highest BCUT2D eigenvalue weighted by molar-refractivity contribution is 5.64. The minimum atomic E-state index is 0.802. The molecule has 7 aliphatic rings. The Morgan fingerprint density at radius 1 is 0.347 bits per heavy atom. The fourth-order valence-corrected chi connectivity index (χ4v) is 12.5. The van der Waals surface area contributed by atoms with Crippen molar-refractivity contribution in [3.8, 4) is 0 Å². The van der Waals surface area contributed by atoms with Crippen molar-refractivity contribution >= 4 is 6.21 Å². The van der Waals surface area contributed by atoms with Crippen LogP contribution in [0.3, 0.4) is 0 Å². The van der Waals surface area contributed by atoms with Crippen molar-refractivity contribution in [2.75, 3.05) is 185 Å². The van der Waals surface area contributed by atoms with Gasteiger partial charge in [-0.3, -0.25) is 19.5 Å². The lowest BCUT2D eigenvalue weighted by atomic mass is 10.1. The van der Waals surface area contributed by atoms with Gasteiger partial charge in [0, 0.05) is 135 Å². The van der Waals surface area contributed by atoms with Gasteiger partial charge in [-0.15, -0.1) is 0 Å². The van der Waals surface area contributed by atoms with Crippen LogP contribution < -0.4 is 0 Å². The highest BCUT2D eigenvalue weighted by atomic mass is 16.5. The number of imidazole rings is 1. The molecular formula is C86H173N13O2. The third-order valence-corrected chi connectivity index (χ3v) is 19.8. The molecule has 0 bridgehead atoms. The van der Waals surface area contributed by atoms with Gasteiger partial charge in [-0.05, 0) is 261 Å². The largest absolute Gasteiger partial charge is 0.379 e. The van der Waals surface area contributed by atoms with Crippen LogP contribution in [0.5, 0.6) is 0 Å². The van der Waals surface area contributed by atoms with Crippen LogP contribution in [0.4, 0.5) is 0 Å². The van der Waals surface area contributed by atoms with E-state index in [-0.39, 0.29) is 0 Å². The molecule has 0 atom stereocenters. The lowest BCUT2D eigenvalue weighted by Crippen LogP contribution is -2.44. The Kier molecular flexibility index (Phi) is 61.7. The van der Waals surface area contributed by atoms with Crippen molar-refractivity contribution in [2.45, 2.75) is 266 Å². The molecule has 9 heterocycles. The second-order valence-corrected chi connectivity index (χ2v) is 34.3. The number of rotatable bonds is 32. The van der Waals surface area contributed by atoms with Crippen molar-refractivity contribution in [2.24, 2.45) is 58.3 Å². The molecule has 594 valence electrons. The Bertz CT molecular complexity index is 2010. The number of ether oxygens (including phenoxy) is 2. The molecule has 2 aromatic rings. The van der Waals surface area contributed by atoms with Crippen LogP contribution >= 0.6 is 0 Å². The molecule has 0 N–H and O–H groups in total. The van der Waals surface area contributed by atoms with E-state index in [0.29, 0.717) is 0 Å². The molecule has 0 aromatic carbocycles. The summed E-state index contributed by atoms with van der Waals surface area (Å²) in [5.74, 6) is 7.60. The normalized spacial score (nSPS) is 18.2. The lowest BCUT2D eigenvalue weighted by Gasteiger charge is -2.32.